The highest BCUT2D eigenvalue weighted by molar-refractivity contribution is 5.96. The van der Waals surface area contributed by atoms with E-state index in [0.717, 1.165) is 27.7 Å². The fraction of sp³-hybridized carbons (Fsp3) is 0.111. The van der Waals surface area contributed by atoms with E-state index >= 15 is 0 Å². The van der Waals surface area contributed by atoms with Gasteiger partial charge in [-0.15, -0.1) is 0 Å². The summed E-state index contributed by atoms with van der Waals surface area (Å²) < 4.78 is 13.5. The molecule has 5 heterocycles. The van der Waals surface area contributed by atoms with Crippen LogP contribution in [0.15, 0.2) is 67.3 Å². The zero-order chi connectivity index (χ0) is 26.2. The number of imidazole rings is 1. The minimum atomic E-state index is -0.307. The highest BCUT2D eigenvalue weighted by Crippen LogP contribution is 2.31. The monoisotopic (exact) mass is 507 g/mol. The van der Waals surface area contributed by atoms with Crippen LogP contribution in [-0.2, 0) is 4.79 Å². The van der Waals surface area contributed by atoms with Gasteiger partial charge in [-0.2, -0.15) is 5.10 Å². The summed E-state index contributed by atoms with van der Waals surface area (Å²) in [6, 6.07) is 11.8. The second-order valence-electron chi connectivity index (χ2n) is 9.09. The number of rotatable bonds is 6. The maximum atomic E-state index is 13.5. The quantitative estimate of drug-likeness (QED) is 0.307. The number of hydrogen-bond donors (Lipinski definition) is 3. The van der Waals surface area contributed by atoms with Crippen LogP contribution in [-0.4, -0.2) is 66.6 Å². The van der Waals surface area contributed by atoms with E-state index in [4.69, 9.17) is 9.97 Å². The van der Waals surface area contributed by atoms with Crippen LogP contribution in [0.4, 0.5) is 10.1 Å². The third-order valence-corrected chi connectivity index (χ3v) is 5.96. The van der Waals surface area contributed by atoms with Crippen molar-refractivity contribution in [2.24, 2.45) is 0 Å². The molecule has 5 aromatic heterocycles. The molecule has 1 amide bonds. The van der Waals surface area contributed by atoms with Gasteiger partial charge < -0.3 is 15.2 Å². The number of fused-ring (bicyclic) bond motifs is 2. The molecule has 0 unspecified atom stereocenters. The third-order valence-electron chi connectivity index (χ3n) is 5.96. The lowest BCUT2D eigenvalue weighted by atomic mass is 10.1. The van der Waals surface area contributed by atoms with Gasteiger partial charge in [0.05, 0.1) is 46.9 Å². The van der Waals surface area contributed by atoms with Crippen molar-refractivity contribution in [2.75, 3.05) is 26.0 Å². The first kappa shape index (κ1) is 23.4. The summed E-state index contributed by atoms with van der Waals surface area (Å²) in [6.45, 7) is 0.267. The lowest BCUT2D eigenvalue weighted by molar-refractivity contribution is -0.116. The van der Waals surface area contributed by atoms with Gasteiger partial charge in [-0.05, 0) is 50.0 Å². The molecule has 0 radical (unpaired) electrons. The average Bonchev–Trinajstić information content (AvgIpc) is 3.52. The number of aromatic amines is 2. The van der Waals surface area contributed by atoms with Crippen LogP contribution in [0, 0.1) is 5.82 Å². The molecule has 38 heavy (non-hydrogen) atoms. The van der Waals surface area contributed by atoms with E-state index < -0.39 is 0 Å². The number of nitrogens with zero attached hydrogens (tertiary/aromatic N) is 6. The third kappa shape index (κ3) is 4.46. The van der Waals surface area contributed by atoms with E-state index in [-0.39, 0.29) is 18.3 Å². The molecule has 0 atom stereocenters. The van der Waals surface area contributed by atoms with E-state index in [1.165, 1.54) is 12.1 Å². The first-order chi connectivity index (χ1) is 18.4. The Morgan fingerprint density at radius 3 is 2.55 bits per heavy atom. The zero-order valence-electron chi connectivity index (χ0n) is 20.5. The molecule has 0 spiro atoms. The lowest BCUT2D eigenvalue weighted by Crippen LogP contribution is -2.27. The molecule has 3 N–H and O–H groups in total. The number of pyridine rings is 3. The van der Waals surface area contributed by atoms with Gasteiger partial charge in [-0.3, -0.25) is 19.9 Å². The van der Waals surface area contributed by atoms with Gasteiger partial charge >= 0.3 is 0 Å². The zero-order valence-corrected chi connectivity index (χ0v) is 20.5. The van der Waals surface area contributed by atoms with Gasteiger partial charge in [0.15, 0.2) is 11.5 Å². The molecular formula is C27H22FN9O. The Kier molecular flexibility index (Phi) is 5.81. The van der Waals surface area contributed by atoms with Gasteiger partial charge in [-0.25, -0.2) is 14.4 Å². The molecule has 0 fully saturated rings. The molecule has 11 heteroatoms. The maximum absolute atomic E-state index is 13.5. The van der Waals surface area contributed by atoms with Gasteiger partial charge in [-0.1, -0.05) is 12.1 Å². The van der Waals surface area contributed by atoms with Gasteiger partial charge in [0, 0.05) is 23.5 Å². The van der Waals surface area contributed by atoms with Gasteiger partial charge in [0.2, 0.25) is 5.91 Å². The van der Waals surface area contributed by atoms with E-state index in [0.29, 0.717) is 33.9 Å². The van der Waals surface area contributed by atoms with Crippen LogP contribution in [0.25, 0.3) is 56.0 Å². The van der Waals surface area contributed by atoms with Crippen LogP contribution in [0.5, 0.6) is 0 Å². The predicted octanol–water partition coefficient (Wildman–Crippen LogP) is 4.26. The molecule has 6 rings (SSSR count). The number of carbonyl (C=O) groups excluding carboxylic acids is 1. The predicted molar refractivity (Wildman–Crippen MR) is 143 cm³/mol. The first-order valence-electron chi connectivity index (χ1n) is 11.8. The molecule has 0 aliphatic carbocycles. The van der Waals surface area contributed by atoms with Crippen LogP contribution < -0.4 is 5.32 Å². The largest absolute Gasteiger partial charge is 0.335 e. The van der Waals surface area contributed by atoms with Gasteiger partial charge in [0.25, 0.3) is 0 Å². The number of anilines is 1. The first-order valence-corrected chi connectivity index (χ1v) is 11.8. The summed E-state index contributed by atoms with van der Waals surface area (Å²) in [7, 11) is 3.66. The number of amides is 1. The van der Waals surface area contributed by atoms with E-state index in [1.54, 1.807) is 41.8 Å². The van der Waals surface area contributed by atoms with Crippen molar-refractivity contribution >= 4 is 33.7 Å². The van der Waals surface area contributed by atoms with Crippen molar-refractivity contribution < 1.29 is 9.18 Å². The Morgan fingerprint density at radius 1 is 0.921 bits per heavy atom. The van der Waals surface area contributed by atoms with Crippen LogP contribution >= 0.6 is 0 Å². The van der Waals surface area contributed by atoms with Crippen molar-refractivity contribution in [1.29, 1.82) is 0 Å². The second-order valence-corrected chi connectivity index (χ2v) is 9.09. The molecule has 0 saturated carbocycles. The SMILES string of the molecule is CN(C)CC(=O)Nc1cncc(-c2ccc3[nH]nc(-c4nc5c(-c6ccc(F)cc6)cncc5[nH]4)c3n2)c1. The summed E-state index contributed by atoms with van der Waals surface area (Å²) in [4.78, 5) is 35.5. The van der Waals surface area contributed by atoms with Crippen LogP contribution in [0.1, 0.15) is 0 Å². The summed E-state index contributed by atoms with van der Waals surface area (Å²) >= 11 is 0. The Balaban J connectivity index is 1.38. The summed E-state index contributed by atoms with van der Waals surface area (Å²) in [5, 5.41) is 10.3. The fourth-order valence-corrected chi connectivity index (χ4v) is 4.25. The topological polar surface area (TPSA) is 128 Å². The van der Waals surface area contributed by atoms with E-state index in [2.05, 4.69) is 30.5 Å². The van der Waals surface area contributed by atoms with E-state index in [9.17, 15) is 9.18 Å². The Hall–Kier alpha value is -5.03. The number of nitrogens with one attached hydrogen (secondary N) is 3. The minimum Gasteiger partial charge on any atom is -0.335 e. The molecule has 0 saturated heterocycles. The van der Waals surface area contributed by atoms with Crippen molar-refractivity contribution in [2.45, 2.75) is 0 Å². The minimum absolute atomic E-state index is 0.131. The summed E-state index contributed by atoms with van der Waals surface area (Å²) in [5.41, 5.74) is 6.91. The Bertz CT molecular complexity index is 1790. The molecule has 0 aliphatic rings. The second kappa shape index (κ2) is 9.45. The van der Waals surface area contributed by atoms with Crippen molar-refractivity contribution in [3.63, 3.8) is 0 Å². The molecule has 10 nitrogen and oxygen atoms in total. The number of benzene rings is 1. The normalized spacial score (nSPS) is 11.5. The molecule has 188 valence electrons. The number of hydrogen-bond acceptors (Lipinski definition) is 7. The number of aromatic nitrogens is 7. The number of likely N-dealkylation sites (N-methyl/N-ethyl adjacent to an activating group) is 1. The Morgan fingerprint density at radius 2 is 1.74 bits per heavy atom. The average molecular weight is 508 g/mol. The highest BCUT2D eigenvalue weighted by Gasteiger charge is 2.17. The lowest BCUT2D eigenvalue weighted by Gasteiger charge is -2.10. The summed E-state index contributed by atoms with van der Waals surface area (Å²) in [5.74, 6) is 0.0853. The highest BCUT2D eigenvalue weighted by atomic mass is 19.1. The van der Waals surface area contributed by atoms with Crippen molar-refractivity contribution in [1.82, 2.24) is 40.0 Å². The standard InChI is InChI=1S/C27H22FN9O/c1-37(2)14-23(38)31-18-9-16(10-29-11-18)20-7-8-21-25(32-20)26(36-35-21)27-33-22-13-30-12-19(24(22)34-27)15-3-5-17(28)6-4-15/h3-13H,14H2,1-2H3,(H,31,38)(H,33,34)(H,35,36). The fourth-order valence-electron chi connectivity index (χ4n) is 4.25. The summed E-state index contributed by atoms with van der Waals surface area (Å²) in [6.07, 6.45) is 6.68. The van der Waals surface area contributed by atoms with Gasteiger partial charge in [0.1, 0.15) is 11.3 Å². The van der Waals surface area contributed by atoms with E-state index in [1.807, 2.05) is 32.3 Å². The van der Waals surface area contributed by atoms with Crippen LogP contribution in [0.3, 0.4) is 0 Å². The number of H-pyrrole nitrogens is 2. The van der Waals surface area contributed by atoms with Crippen molar-refractivity contribution in [3.05, 3.63) is 73.1 Å². The Labute approximate surface area is 216 Å². The van der Waals surface area contributed by atoms with Crippen molar-refractivity contribution in [3.8, 4) is 33.9 Å². The molecular weight excluding hydrogens is 485 g/mol. The smallest absolute Gasteiger partial charge is 0.238 e. The molecule has 6 aromatic rings. The number of carbonyl (C=O) groups is 1. The molecule has 0 aliphatic heterocycles. The molecule has 0 bridgehead atoms. The maximum Gasteiger partial charge on any atom is 0.238 e. The number of halogens is 1. The molecule has 1 aromatic carbocycles. The van der Waals surface area contributed by atoms with Crippen LogP contribution in [0.2, 0.25) is 0 Å².